The molecule has 1 N–H and O–H groups in total. The maximum absolute atomic E-state index is 13.4. The number of sulfonamides is 1. The highest BCUT2D eigenvalue weighted by atomic mass is 32.2. The standard InChI is InChI=1S/C26H32N4O4S/c1-3-19(2)20-8-10-22(11-9-20)35(33,34)29-16-14-28(15-17-29)18-30-24(31)26(27-25(30)32)13-12-21-6-4-5-7-23(21)26/h4-11,19H,3,12-18H2,1-2H3,(H,27,32)/t19-,26-/m1/s1. The molecule has 1 spiro atoms. The van der Waals surface area contributed by atoms with E-state index in [2.05, 4.69) is 19.2 Å². The number of fused-ring (bicyclic) bond motifs is 2. The zero-order chi connectivity index (χ0) is 24.8. The van der Waals surface area contributed by atoms with Gasteiger partial charge in [0.25, 0.3) is 5.91 Å². The Labute approximate surface area is 206 Å². The van der Waals surface area contributed by atoms with Gasteiger partial charge in [-0.05, 0) is 54.0 Å². The Balaban J connectivity index is 1.23. The zero-order valence-electron chi connectivity index (χ0n) is 20.2. The second-order valence-electron chi connectivity index (χ2n) is 9.77. The minimum absolute atomic E-state index is 0.159. The molecule has 186 valence electrons. The van der Waals surface area contributed by atoms with E-state index in [0.717, 1.165) is 29.5 Å². The Morgan fingerprint density at radius 1 is 1.00 bits per heavy atom. The van der Waals surface area contributed by atoms with Crippen molar-refractivity contribution in [2.24, 2.45) is 0 Å². The summed E-state index contributed by atoms with van der Waals surface area (Å²) in [5, 5.41) is 2.95. The van der Waals surface area contributed by atoms with Gasteiger partial charge in [0.2, 0.25) is 10.0 Å². The molecule has 2 aromatic carbocycles. The summed E-state index contributed by atoms with van der Waals surface area (Å²) in [4.78, 5) is 29.7. The molecule has 5 rings (SSSR count). The fourth-order valence-corrected chi connectivity index (χ4v) is 6.80. The SMILES string of the molecule is CC[C@@H](C)c1ccc(S(=O)(=O)N2CCN(CN3C(=O)N[C@@]4(CCc5ccccc54)C3=O)CC2)cc1. The van der Waals surface area contributed by atoms with Crippen LogP contribution >= 0.6 is 0 Å². The summed E-state index contributed by atoms with van der Waals surface area (Å²) in [6.45, 7) is 5.92. The van der Waals surface area contributed by atoms with Gasteiger partial charge >= 0.3 is 6.03 Å². The summed E-state index contributed by atoms with van der Waals surface area (Å²) >= 11 is 0. The van der Waals surface area contributed by atoms with E-state index in [1.807, 2.05) is 41.3 Å². The van der Waals surface area contributed by atoms with Crippen molar-refractivity contribution in [3.05, 3.63) is 65.2 Å². The zero-order valence-corrected chi connectivity index (χ0v) is 21.1. The predicted octanol–water partition coefficient (Wildman–Crippen LogP) is 2.86. The van der Waals surface area contributed by atoms with Crippen LogP contribution in [0.25, 0.3) is 0 Å². The van der Waals surface area contributed by atoms with Gasteiger partial charge in [0.1, 0.15) is 5.54 Å². The number of amides is 3. The molecule has 1 aliphatic carbocycles. The van der Waals surface area contributed by atoms with Crippen LogP contribution < -0.4 is 5.32 Å². The molecule has 0 unspecified atom stereocenters. The average molecular weight is 497 g/mol. The first-order valence-corrected chi connectivity index (χ1v) is 13.8. The number of piperazine rings is 1. The second-order valence-corrected chi connectivity index (χ2v) is 11.7. The number of benzene rings is 2. The number of carbonyl (C=O) groups excluding carboxylic acids is 2. The summed E-state index contributed by atoms with van der Waals surface area (Å²) < 4.78 is 27.8. The number of imide groups is 1. The van der Waals surface area contributed by atoms with Crippen molar-refractivity contribution in [1.29, 1.82) is 0 Å². The van der Waals surface area contributed by atoms with Gasteiger partial charge < -0.3 is 5.32 Å². The van der Waals surface area contributed by atoms with Crippen LogP contribution in [0.15, 0.2) is 53.4 Å². The third-order valence-electron chi connectivity index (χ3n) is 7.79. The normalized spacial score (nSPS) is 24.1. The van der Waals surface area contributed by atoms with Crippen molar-refractivity contribution in [1.82, 2.24) is 19.4 Å². The predicted molar refractivity (Wildman–Crippen MR) is 132 cm³/mol. The van der Waals surface area contributed by atoms with Crippen molar-refractivity contribution in [2.75, 3.05) is 32.8 Å². The molecule has 8 nitrogen and oxygen atoms in total. The summed E-state index contributed by atoms with van der Waals surface area (Å²) in [6.07, 6.45) is 2.32. The highest BCUT2D eigenvalue weighted by molar-refractivity contribution is 7.89. The third-order valence-corrected chi connectivity index (χ3v) is 9.71. The Hall–Kier alpha value is -2.75. The fourth-order valence-electron chi connectivity index (χ4n) is 5.38. The van der Waals surface area contributed by atoms with Crippen LogP contribution in [-0.4, -0.2) is 67.3 Å². The molecule has 35 heavy (non-hydrogen) atoms. The molecule has 0 radical (unpaired) electrons. The first kappa shape index (κ1) is 24.0. The molecule has 0 aromatic heterocycles. The fraction of sp³-hybridized carbons (Fsp3) is 0.462. The number of nitrogens with zero attached hydrogens (tertiary/aromatic N) is 3. The largest absolute Gasteiger partial charge is 0.326 e. The van der Waals surface area contributed by atoms with E-state index in [9.17, 15) is 18.0 Å². The van der Waals surface area contributed by atoms with Gasteiger partial charge in [-0.2, -0.15) is 4.31 Å². The van der Waals surface area contributed by atoms with Gasteiger partial charge in [-0.15, -0.1) is 0 Å². The van der Waals surface area contributed by atoms with E-state index in [-0.39, 0.29) is 18.6 Å². The van der Waals surface area contributed by atoms with Crippen molar-refractivity contribution < 1.29 is 18.0 Å². The molecule has 0 saturated carbocycles. The lowest BCUT2D eigenvalue weighted by atomic mass is 9.92. The lowest BCUT2D eigenvalue weighted by molar-refractivity contribution is -0.133. The van der Waals surface area contributed by atoms with Crippen molar-refractivity contribution >= 4 is 22.0 Å². The Morgan fingerprint density at radius 2 is 1.69 bits per heavy atom. The van der Waals surface area contributed by atoms with E-state index in [1.165, 1.54) is 9.21 Å². The van der Waals surface area contributed by atoms with E-state index in [1.54, 1.807) is 12.1 Å². The number of hydrogen-bond donors (Lipinski definition) is 1. The number of rotatable bonds is 6. The summed E-state index contributed by atoms with van der Waals surface area (Å²) in [6, 6.07) is 14.5. The monoisotopic (exact) mass is 496 g/mol. The highest BCUT2D eigenvalue weighted by Gasteiger charge is 2.55. The molecule has 3 aliphatic rings. The summed E-state index contributed by atoms with van der Waals surface area (Å²) in [5.41, 5.74) is 2.14. The number of aryl methyl sites for hydroxylation is 1. The van der Waals surface area contributed by atoms with Gasteiger partial charge in [-0.1, -0.05) is 50.2 Å². The third kappa shape index (κ3) is 4.05. The van der Waals surface area contributed by atoms with Crippen LogP contribution in [0, 0.1) is 0 Å². The molecular weight excluding hydrogens is 464 g/mol. The van der Waals surface area contributed by atoms with E-state index in [0.29, 0.717) is 43.4 Å². The molecule has 2 fully saturated rings. The molecule has 3 amide bonds. The quantitative estimate of drug-likeness (QED) is 0.621. The van der Waals surface area contributed by atoms with E-state index < -0.39 is 15.6 Å². The number of urea groups is 1. The van der Waals surface area contributed by atoms with Crippen LogP contribution in [0.3, 0.4) is 0 Å². The Kier molecular flexibility index (Phi) is 6.19. The van der Waals surface area contributed by atoms with Crippen LogP contribution in [-0.2, 0) is 26.8 Å². The topological polar surface area (TPSA) is 90.0 Å². The molecule has 2 saturated heterocycles. The van der Waals surface area contributed by atoms with Gasteiger partial charge in [-0.3, -0.25) is 9.69 Å². The van der Waals surface area contributed by atoms with Gasteiger partial charge in [-0.25, -0.2) is 18.1 Å². The molecule has 2 atom stereocenters. The second kappa shape index (κ2) is 9.04. The van der Waals surface area contributed by atoms with Crippen molar-refractivity contribution in [2.45, 2.75) is 49.5 Å². The van der Waals surface area contributed by atoms with Gasteiger partial charge in [0, 0.05) is 26.2 Å². The Morgan fingerprint density at radius 3 is 2.37 bits per heavy atom. The van der Waals surface area contributed by atoms with E-state index in [4.69, 9.17) is 0 Å². The minimum atomic E-state index is -3.59. The first-order chi connectivity index (χ1) is 16.8. The molecule has 9 heteroatoms. The van der Waals surface area contributed by atoms with Crippen molar-refractivity contribution in [3.63, 3.8) is 0 Å². The number of carbonyl (C=O) groups is 2. The van der Waals surface area contributed by atoms with Gasteiger partial charge in [0.15, 0.2) is 0 Å². The highest BCUT2D eigenvalue weighted by Crippen LogP contribution is 2.41. The lowest BCUT2D eigenvalue weighted by Gasteiger charge is -2.35. The van der Waals surface area contributed by atoms with E-state index >= 15 is 0 Å². The maximum Gasteiger partial charge on any atom is 0.326 e. The first-order valence-electron chi connectivity index (χ1n) is 12.3. The van der Waals surface area contributed by atoms with Crippen LogP contribution in [0.1, 0.15) is 49.3 Å². The van der Waals surface area contributed by atoms with Crippen molar-refractivity contribution in [3.8, 4) is 0 Å². The molecule has 2 heterocycles. The molecule has 0 bridgehead atoms. The number of nitrogens with one attached hydrogen (secondary N) is 1. The number of hydrogen-bond acceptors (Lipinski definition) is 5. The maximum atomic E-state index is 13.4. The molecular formula is C26H32N4O4S. The van der Waals surface area contributed by atoms with Gasteiger partial charge in [0.05, 0.1) is 11.6 Å². The average Bonchev–Trinajstić information content (AvgIpc) is 3.36. The smallest absolute Gasteiger partial charge is 0.319 e. The minimum Gasteiger partial charge on any atom is -0.319 e. The Bertz CT molecular complexity index is 1240. The molecule has 2 aromatic rings. The molecule has 2 aliphatic heterocycles. The van der Waals surface area contributed by atoms with Crippen LogP contribution in [0.5, 0.6) is 0 Å². The lowest BCUT2D eigenvalue weighted by Crippen LogP contribution is -2.52. The summed E-state index contributed by atoms with van der Waals surface area (Å²) in [7, 11) is -3.59. The van der Waals surface area contributed by atoms with Crippen LogP contribution in [0.2, 0.25) is 0 Å². The van der Waals surface area contributed by atoms with Crippen LogP contribution in [0.4, 0.5) is 4.79 Å². The summed E-state index contributed by atoms with van der Waals surface area (Å²) in [5.74, 6) is 0.168.